The Morgan fingerprint density at radius 3 is 2.21 bits per heavy atom. The first-order valence-corrected chi connectivity index (χ1v) is 13.5. The minimum atomic E-state index is -4.00. The van der Waals surface area contributed by atoms with Crippen LogP contribution in [0.3, 0.4) is 0 Å². The molecule has 9 heteroatoms. The van der Waals surface area contributed by atoms with Crippen LogP contribution >= 0.6 is 23.2 Å². The molecule has 0 unspecified atom stereocenters. The number of nitrogens with zero attached hydrogens (tertiary/aromatic N) is 2. The molecule has 180 valence electrons. The Hall–Kier alpha value is -1.80. The molecule has 2 aromatic rings. The maximum atomic E-state index is 13.4. The standard InChI is InChI=1S/C24H31Cl2N3O3S/c1-19-7-9-23(10-8-19)33(31,32)29(22-16-20(25)15-21(26)17-22)18-24(30)27-11-6-14-28-12-4-2-3-5-13-28/h7-10,15-17H,2-6,11-14,18H2,1H3,(H,27,30). The zero-order chi connectivity index (χ0) is 23.8. The number of amides is 1. The van der Waals surface area contributed by atoms with E-state index in [-0.39, 0.29) is 23.0 Å². The molecule has 0 radical (unpaired) electrons. The highest BCUT2D eigenvalue weighted by atomic mass is 35.5. The average molecular weight is 513 g/mol. The molecule has 1 saturated heterocycles. The maximum absolute atomic E-state index is 13.4. The SMILES string of the molecule is Cc1ccc(S(=O)(=O)N(CC(=O)NCCCN2CCCCCC2)c2cc(Cl)cc(Cl)c2)cc1. The molecular formula is C24H31Cl2N3O3S. The van der Waals surface area contributed by atoms with Crippen molar-refractivity contribution >= 4 is 44.8 Å². The summed E-state index contributed by atoms with van der Waals surface area (Å²) >= 11 is 12.2. The highest BCUT2D eigenvalue weighted by Crippen LogP contribution is 2.29. The number of hydrogen-bond acceptors (Lipinski definition) is 4. The van der Waals surface area contributed by atoms with Gasteiger partial charge in [0.05, 0.1) is 10.6 Å². The number of rotatable bonds is 9. The van der Waals surface area contributed by atoms with Gasteiger partial charge in [-0.3, -0.25) is 9.10 Å². The number of aryl methyl sites for hydroxylation is 1. The van der Waals surface area contributed by atoms with Crippen molar-refractivity contribution in [2.24, 2.45) is 0 Å². The molecule has 33 heavy (non-hydrogen) atoms. The van der Waals surface area contributed by atoms with Crippen molar-refractivity contribution in [1.29, 1.82) is 0 Å². The molecule has 0 atom stereocenters. The second-order valence-electron chi connectivity index (χ2n) is 8.41. The van der Waals surface area contributed by atoms with E-state index < -0.39 is 10.0 Å². The summed E-state index contributed by atoms with van der Waals surface area (Å²) in [5.41, 5.74) is 1.18. The molecule has 1 heterocycles. The van der Waals surface area contributed by atoms with Crippen LogP contribution in [0.5, 0.6) is 0 Å². The first kappa shape index (κ1) is 25.8. The third-order valence-electron chi connectivity index (χ3n) is 5.70. The first-order chi connectivity index (χ1) is 15.8. The van der Waals surface area contributed by atoms with Crippen LogP contribution in [0, 0.1) is 6.92 Å². The van der Waals surface area contributed by atoms with E-state index in [1.54, 1.807) is 12.1 Å². The van der Waals surface area contributed by atoms with Gasteiger partial charge >= 0.3 is 0 Å². The minimum absolute atomic E-state index is 0.0955. The first-order valence-electron chi connectivity index (χ1n) is 11.3. The van der Waals surface area contributed by atoms with E-state index in [1.807, 2.05) is 6.92 Å². The largest absolute Gasteiger partial charge is 0.354 e. The van der Waals surface area contributed by atoms with Gasteiger partial charge in [-0.05, 0) is 76.2 Å². The lowest BCUT2D eigenvalue weighted by atomic mass is 10.2. The number of halogens is 2. The predicted octanol–water partition coefficient (Wildman–Crippen LogP) is 4.88. The van der Waals surface area contributed by atoms with Gasteiger partial charge in [0.15, 0.2) is 0 Å². The fourth-order valence-corrected chi connectivity index (χ4v) is 5.83. The second kappa shape index (κ2) is 12.1. The second-order valence-corrected chi connectivity index (χ2v) is 11.1. The molecule has 1 amide bonds. The minimum Gasteiger partial charge on any atom is -0.354 e. The summed E-state index contributed by atoms with van der Waals surface area (Å²) in [7, 11) is -4.00. The van der Waals surface area contributed by atoms with Gasteiger partial charge in [-0.2, -0.15) is 0 Å². The van der Waals surface area contributed by atoms with Crippen LogP contribution in [0.1, 0.15) is 37.7 Å². The van der Waals surface area contributed by atoms with Gasteiger partial charge in [-0.1, -0.05) is 53.7 Å². The van der Waals surface area contributed by atoms with E-state index in [2.05, 4.69) is 10.2 Å². The van der Waals surface area contributed by atoms with Gasteiger partial charge in [-0.15, -0.1) is 0 Å². The molecule has 2 aromatic carbocycles. The summed E-state index contributed by atoms with van der Waals surface area (Å²) < 4.78 is 27.9. The molecule has 0 bridgehead atoms. The lowest BCUT2D eigenvalue weighted by Crippen LogP contribution is -2.41. The van der Waals surface area contributed by atoms with Crippen LogP contribution in [0.4, 0.5) is 5.69 Å². The van der Waals surface area contributed by atoms with Crippen LogP contribution in [0.2, 0.25) is 10.0 Å². The number of carbonyl (C=O) groups is 1. The molecule has 0 saturated carbocycles. The average Bonchev–Trinajstić information content (AvgIpc) is 3.03. The van der Waals surface area contributed by atoms with Gasteiger partial charge in [0.25, 0.3) is 10.0 Å². The van der Waals surface area contributed by atoms with Crippen LogP contribution in [0.25, 0.3) is 0 Å². The van der Waals surface area contributed by atoms with Crippen molar-refractivity contribution in [3.8, 4) is 0 Å². The lowest BCUT2D eigenvalue weighted by Gasteiger charge is -2.25. The maximum Gasteiger partial charge on any atom is 0.264 e. The third kappa shape index (κ3) is 7.60. The van der Waals surface area contributed by atoms with Crippen molar-refractivity contribution in [2.45, 2.75) is 43.9 Å². The Bertz CT molecular complexity index is 1020. The summed E-state index contributed by atoms with van der Waals surface area (Å²) in [6.45, 7) is 5.14. The Morgan fingerprint density at radius 1 is 1.00 bits per heavy atom. The number of carbonyl (C=O) groups excluding carboxylic acids is 1. The molecule has 1 aliphatic heterocycles. The fraction of sp³-hybridized carbons (Fsp3) is 0.458. The van der Waals surface area contributed by atoms with E-state index >= 15 is 0 Å². The summed E-state index contributed by atoms with van der Waals surface area (Å²) in [4.78, 5) is 15.3. The van der Waals surface area contributed by atoms with E-state index in [9.17, 15) is 13.2 Å². The van der Waals surface area contributed by atoms with Crippen LogP contribution < -0.4 is 9.62 Å². The van der Waals surface area contributed by atoms with Crippen molar-refractivity contribution in [3.63, 3.8) is 0 Å². The van der Waals surface area contributed by atoms with Crippen LogP contribution in [0.15, 0.2) is 47.4 Å². The molecule has 0 spiro atoms. The van der Waals surface area contributed by atoms with Gasteiger partial charge < -0.3 is 10.2 Å². The zero-order valence-electron chi connectivity index (χ0n) is 18.9. The molecule has 0 aromatic heterocycles. The summed E-state index contributed by atoms with van der Waals surface area (Å²) in [5, 5.41) is 3.44. The Balaban J connectivity index is 1.70. The number of likely N-dealkylation sites (tertiary alicyclic amines) is 1. The third-order valence-corrected chi connectivity index (χ3v) is 7.93. The number of hydrogen-bond donors (Lipinski definition) is 1. The molecule has 1 N–H and O–H groups in total. The van der Waals surface area contributed by atoms with Gasteiger partial charge in [0.2, 0.25) is 5.91 Å². The van der Waals surface area contributed by atoms with E-state index in [1.165, 1.54) is 56.0 Å². The quantitative estimate of drug-likeness (QED) is 0.487. The van der Waals surface area contributed by atoms with E-state index in [0.29, 0.717) is 16.6 Å². The summed E-state index contributed by atoms with van der Waals surface area (Å²) in [5.74, 6) is -0.377. The highest BCUT2D eigenvalue weighted by Gasteiger charge is 2.27. The van der Waals surface area contributed by atoms with Gasteiger partial charge in [-0.25, -0.2) is 8.42 Å². The summed E-state index contributed by atoms with van der Waals surface area (Å²) in [6, 6.07) is 11.0. The topological polar surface area (TPSA) is 69.7 Å². The van der Waals surface area contributed by atoms with Crippen molar-refractivity contribution in [1.82, 2.24) is 10.2 Å². The molecule has 1 aliphatic rings. The fourth-order valence-electron chi connectivity index (χ4n) is 3.91. The molecule has 0 aliphatic carbocycles. The van der Waals surface area contributed by atoms with Gasteiger partial charge in [0.1, 0.15) is 6.54 Å². The number of anilines is 1. The Kier molecular flexibility index (Phi) is 9.44. The number of nitrogens with one attached hydrogen (secondary N) is 1. The number of benzene rings is 2. The van der Waals surface area contributed by atoms with Crippen LogP contribution in [-0.2, 0) is 14.8 Å². The van der Waals surface area contributed by atoms with Crippen molar-refractivity contribution < 1.29 is 13.2 Å². The molecule has 1 fully saturated rings. The Labute approximate surface area is 206 Å². The van der Waals surface area contributed by atoms with Crippen molar-refractivity contribution in [3.05, 3.63) is 58.1 Å². The summed E-state index contributed by atoms with van der Waals surface area (Å²) in [6.07, 6.45) is 5.83. The van der Waals surface area contributed by atoms with Crippen molar-refractivity contribution in [2.75, 3.05) is 37.0 Å². The Morgan fingerprint density at radius 2 is 1.61 bits per heavy atom. The van der Waals surface area contributed by atoms with E-state index in [4.69, 9.17) is 23.2 Å². The van der Waals surface area contributed by atoms with Crippen LogP contribution in [-0.4, -0.2) is 51.9 Å². The molecular weight excluding hydrogens is 481 g/mol. The van der Waals surface area contributed by atoms with E-state index in [0.717, 1.165) is 35.9 Å². The molecule has 6 nitrogen and oxygen atoms in total. The monoisotopic (exact) mass is 511 g/mol. The smallest absolute Gasteiger partial charge is 0.264 e. The zero-order valence-corrected chi connectivity index (χ0v) is 21.2. The molecule has 3 rings (SSSR count). The lowest BCUT2D eigenvalue weighted by molar-refractivity contribution is -0.119. The van der Waals surface area contributed by atoms with Gasteiger partial charge in [0, 0.05) is 16.6 Å². The predicted molar refractivity (Wildman–Crippen MR) is 135 cm³/mol. The normalized spacial score (nSPS) is 15.1. The number of sulfonamides is 1. The highest BCUT2D eigenvalue weighted by molar-refractivity contribution is 7.92.